The number of nitro groups is 1. The van der Waals surface area contributed by atoms with E-state index in [-0.39, 0.29) is 17.2 Å². The number of hydrogen-bond donors (Lipinski definition) is 1. The third-order valence-electron chi connectivity index (χ3n) is 7.80. The average molecular weight is 509 g/mol. The number of ether oxygens (including phenoxy) is 1. The van der Waals surface area contributed by atoms with Gasteiger partial charge in [-0.2, -0.15) is 0 Å². The Morgan fingerprint density at radius 3 is 2.81 bits per heavy atom. The number of carbonyl (C=O) groups excluding carboxylic acids is 1. The van der Waals surface area contributed by atoms with Crippen molar-refractivity contribution in [2.24, 2.45) is 5.92 Å². The summed E-state index contributed by atoms with van der Waals surface area (Å²) in [6.45, 7) is 1.14. The van der Waals surface area contributed by atoms with Crippen LogP contribution in [0.5, 0.6) is 0 Å². The number of aliphatic hydroxyl groups excluding tert-OH is 1. The number of benzene rings is 1. The van der Waals surface area contributed by atoms with Crippen molar-refractivity contribution in [1.82, 2.24) is 9.55 Å². The molecule has 1 saturated carbocycles. The molecule has 2 aliphatic carbocycles. The van der Waals surface area contributed by atoms with Crippen molar-refractivity contribution < 1.29 is 19.6 Å². The van der Waals surface area contributed by atoms with Crippen LogP contribution in [0.25, 0.3) is 21.5 Å². The van der Waals surface area contributed by atoms with Crippen molar-refractivity contribution in [3.8, 4) is 10.4 Å². The van der Waals surface area contributed by atoms with Gasteiger partial charge in [-0.15, -0.1) is 11.3 Å². The van der Waals surface area contributed by atoms with Gasteiger partial charge in [0, 0.05) is 30.6 Å². The molecule has 36 heavy (non-hydrogen) atoms. The molecule has 6 rings (SSSR count). The van der Waals surface area contributed by atoms with Crippen molar-refractivity contribution in [2.45, 2.75) is 50.7 Å². The van der Waals surface area contributed by atoms with E-state index >= 15 is 0 Å². The number of fused-ring (bicyclic) bond motifs is 2. The number of methoxy groups -OCH3 is 1. The maximum absolute atomic E-state index is 12.8. The highest BCUT2D eigenvalue weighted by molar-refractivity contribution is 7.20. The Bertz CT molecular complexity index is 1390. The van der Waals surface area contributed by atoms with Gasteiger partial charge in [-0.3, -0.25) is 10.1 Å². The van der Waals surface area contributed by atoms with E-state index in [0.29, 0.717) is 41.0 Å². The fraction of sp³-hybridized carbons (Fsp3) is 0.462. The summed E-state index contributed by atoms with van der Waals surface area (Å²) >= 11 is 1.25. The molecule has 1 N–H and O–H groups in total. The average Bonchev–Trinajstić information content (AvgIpc) is 3.63. The first-order valence-electron chi connectivity index (χ1n) is 12.4. The van der Waals surface area contributed by atoms with E-state index in [9.17, 15) is 20.0 Å². The predicted molar refractivity (Wildman–Crippen MR) is 138 cm³/mol. The molecule has 188 valence electrons. The molecule has 0 amide bonds. The molecular weight excluding hydrogens is 480 g/mol. The predicted octanol–water partition coefficient (Wildman–Crippen LogP) is 5.09. The van der Waals surface area contributed by atoms with E-state index in [2.05, 4.69) is 9.55 Å². The standard InChI is InChI=1S/C26H28N4O5S/c1-35-26(32)22-23(30(33)34)24(36-25(22)28-12-16-9-19(31)10-17(16)13-28)15-7-8-21-20(11-15)27-14-29(21)18-5-3-2-4-6-18/h7-9,11,14,17-19,31H,2-6,10,12-13H2,1H3/t17-,19-/m1/s1. The van der Waals surface area contributed by atoms with Crippen LogP contribution in [0.1, 0.15) is 54.9 Å². The van der Waals surface area contributed by atoms with Gasteiger partial charge in [0.2, 0.25) is 0 Å². The first-order valence-corrected chi connectivity index (χ1v) is 13.3. The molecular formula is C26H28N4O5S. The van der Waals surface area contributed by atoms with Crippen LogP contribution in [-0.2, 0) is 4.74 Å². The molecule has 9 nitrogen and oxygen atoms in total. The number of aromatic nitrogens is 2. The van der Waals surface area contributed by atoms with E-state index in [1.54, 1.807) is 0 Å². The van der Waals surface area contributed by atoms with Crippen molar-refractivity contribution in [1.29, 1.82) is 0 Å². The Morgan fingerprint density at radius 2 is 2.08 bits per heavy atom. The Hall–Kier alpha value is -3.24. The lowest BCUT2D eigenvalue weighted by Gasteiger charge is -2.23. The lowest BCUT2D eigenvalue weighted by Crippen LogP contribution is -2.22. The largest absolute Gasteiger partial charge is 0.465 e. The number of aliphatic hydroxyl groups is 1. The molecule has 0 unspecified atom stereocenters. The molecule has 0 radical (unpaired) electrons. The highest BCUT2D eigenvalue weighted by Crippen LogP contribution is 2.50. The van der Waals surface area contributed by atoms with Gasteiger partial charge in [0.25, 0.3) is 0 Å². The van der Waals surface area contributed by atoms with Crippen LogP contribution in [0, 0.1) is 16.0 Å². The number of thiophene rings is 1. The summed E-state index contributed by atoms with van der Waals surface area (Å²) in [5.41, 5.74) is 3.37. The molecule has 10 heteroatoms. The molecule has 1 saturated heterocycles. The third-order valence-corrected chi connectivity index (χ3v) is 9.09. The SMILES string of the molecule is COC(=O)c1c(N2CC3=C[C@@H](O)C[C@@H]3C2)sc(-c2ccc3c(c2)ncn3C2CCCCC2)c1[N+](=O)[O-]. The van der Waals surface area contributed by atoms with Crippen LogP contribution in [0.2, 0.25) is 0 Å². The second kappa shape index (κ2) is 9.01. The summed E-state index contributed by atoms with van der Waals surface area (Å²) in [4.78, 5) is 31.7. The van der Waals surface area contributed by atoms with Crippen molar-refractivity contribution in [3.63, 3.8) is 0 Å². The van der Waals surface area contributed by atoms with Gasteiger partial charge in [0.1, 0.15) is 9.88 Å². The van der Waals surface area contributed by atoms with Gasteiger partial charge in [-0.25, -0.2) is 9.78 Å². The molecule has 3 aromatic rings. The summed E-state index contributed by atoms with van der Waals surface area (Å²) in [7, 11) is 1.24. The van der Waals surface area contributed by atoms with Gasteiger partial charge < -0.3 is 19.3 Å². The number of hydrogen-bond acceptors (Lipinski definition) is 8. The summed E-state index contributed by atoms with van der Waals surface area (Å²) in [6, 6.07) is 6.20. The smallest absolute Gasteiger partial charge is 0.347 e. The fourth-order valence-electron chi connectivity index (χ4n) is 6.09. The Morgan fingerprint density at radius 1 is 1.28 bits per heavy atom. The van der Waals surface area contributed by atoms with Gasteiger partial charge in [-0.1, -0.05) is 31.4 Å². The van der Waals surface area contributed by atoms with E-state index in [1.807, 2.05) is 35.5 Å². The summed E-state index contributed by atoms with van der Waals surface area (Å²) in [5.74, 6) is -0.525. The van der Waals surface area contributed by atoms with Crippen LogP contribution < -0.4 is 4.90 Å². The molecule has 0 spiro atoms. The van der Waals surface area contributed by atoms with Gasteiger partial charge in [0.15, 0.2) is 5.56 Å². The van der Waals surface area contributed by atoms with Crippen molar-refractivity contribution >= 4 is 39.0 Å². The molecule has 0 bridgehead atoms. The lowest BCUT2D eigenvalue weighted by molar-refractivity contribution is -0.384. The number of esters is 1. The maximum atomic E-state index is 12.8. The van der Waals surface area contributed by atoms with Crippen LogP contribution in [0.4, 0.5) is 10.7 Å². The van der Waals surface area contributed by atoms with Crippen molar-refractivity contribution in [2.75, 3.05) is 25.1 Å². The first kappa shape index (κ1) is 23.2. The molecule has 2 atom stereocenters. The summed E-state index contributed by atoms with van der Waals surface area (Å²) in [6.07, 6.45) is 9.92. The monoisotopic (exact) mass is 508 g/mol. The molecule has 2 aromatic heterocycles. The Balaban J connectivity index is 1.44. The van der Waals surface area contributed by atoms with Gasteiger partial charge in [-0.05, 0) is 37.0 Å². The number of nitrogens with zero attached hydrogens (tertiary/aromatic N) is 4. The van der Waals surface area contributed by atoms with Crippen molar-refractivity contribution in [3.05, 3.63) is 51.9 Å². The zero-order valence-corrected chi connectivity index (χ0v) is 20.9. The molecule has 1 aromatic carbocycles. The minimum absolute atomic E-state index is 0.00328. The van der Waals surface area contributed by atoms with E-state index in [0.717, 1.165) is 29.4 Å². The summed E-state index contributed by atoms with van der Waals surface area (Å²) in [5, 5.41) is 22.8. The highest BCUT2D eigenvalue weighted by Gasteiger charge is 2.40. The zero-order chi connectivity index (χ0) is 25.0. The molecule has 3 heterocycles. The van der Waals surface area contributed by atoms with E-state index in [4.69, 9.17) is 4.74 Å². The van der Waals surface area contributed by atoms with Crippen LogP contribution in [0.15, 0.2) is 36.2 Å². The van der Waals surface area contributed by atoms with E-state index < -0.39 is 17.0 Å². The van der Waals surface area contributed by atoms with Crippen LogP contribution in [0.3, 0.4) is 0 Å². The maximum Gasteiger partial charge on any atom is 0.347 e. The minimum Gasteiger partial charge on any atom is -0.465 e. The number of anilines is 1. The quantitative estimate of drug-likeness (QED) is 0.221. The normalized spacial score (nSPS) is 22.2. The third kappa shape index (κ3) is 3.79. The number of rotatable bonds is 5. The fourth-order valence-corrected chi connectivity index (χ4v) is 7.35. The van der Waals surface area contributed by atoms with Crippen LogP contribution in [-0.4, -0.2) is 51.9 Å². The molecule has 2 fully saturated rings. The Kier molecular flexibility index (Phi) is 5.80. The van der Waals surface area contributed by atoms with E-state index in [1.165, 1.54) is 37.7 Å². The summed E-state index contributed by atoms with van der Waals surface area (Å²) < 4.78 is 7.23. The Labute approximate surface area is 212 Å². The van der Waals surface area contributed by atoms with Crippen LogP contribution >= 0.6 is 11.3 Å². The zero-order valence-electron chi connectivity index (χ0n) is 20.1. The lowest BCUT2D eigenvalue weighted by atomic mass is 9.95. The second-order valence-corrected chi connectivity index (χ2v) is 11.0. The molecule has 3 aliphatic rings. The topological polar surface area (TPSA) is 111 Å². The first-order chi connectivity index (χ1) is 17.4. The highest BCUT2D eigenvalue weighted by atomic mass is 32.1. The second-order valence-electron chi connectivity index (χ2n) is 9.98. The number of imidazole rings is 1. The van der Waals surface area contributed by atoms with Gasteiger partial charge >= 0.3 is 11.7 Å². The van der Waals surface area contributed by atoms with Gasteiger partial charge in [0.05, 0.1) is 35.5 Å². The minimum atomic E-state index is -0.715. The number of carbonyl (C=O) groups is 1. The molecule has 1 aliphatic heterocycles.